The molecule has 0 amide bonds. The molecule has 4 aliphatic carbocycles. The SMILES string of the molecule is CC(C)C(C)C(O)C(O)C(C)C1CCC2C3=C(CCC21C)C1(C)CCC(OC2OC(C(=O)O)C(O)C(O)C2OC2OCC(O)C(O)C2O)C(C)(C(=O)O)C1CC3. The molecule has 6 aliphatic rings. The first-order valence-corrected chi connectivity index (χ1v) is 20.6. The second-order valence-electron chi connectivity index (χ2n) is 19.0. The molecule has 4 fully saturated rings. The molecular formula is C41H66O15. The lowest BCUT2D eigenvalue weighted by atomic mass is 9.45. The molecule has 2 saturated carbocycles. The van der Waals surface area contributed by atoms with Crippen LogP contribution in [0.4, 0.5) is 0 Å². The van der Waals surface area contributed by atoms with Gasteiger partial charge in [-0.05, 0) is 105 Å². The molecule has 320 valence electrons. The van der Waals surface area contributed by atoms with Crippen LogP contribution in [0.5, 0.6) is 0 Å². The summed E-state index contributed by atoms with van der Waals surface area (Å²) >= 11 is 0. The van der Waals surface area contributed by atoms with Gasteiger partial charge in [-0.25, -0.2) is 4.79 Å². The van der Waals surface area contributed by atoms with E-state index in [1.165, 1.54) is 11.1 Å². The largest absolute Gasteiger partial charge is 0.481 e. The molecule has 0 bridgehead atoms. The smallest absolute Gasteiger partial charge is 0.335 e. The molecule has 2 aliphatic heterocycles. The number of fused-ring (bicyclic) bond motifs is 4. The number of hydrogen-bond donors (Lipinski definition) is 9. The molecule has 15 heteroatoms. The number of ether oxygens (including phenoxy) is 4. The van der Waals surface area contributed by atoms with Crippen molar-refractivity contribution in [2.75, 3.05) is 6.61 Å². The summed E-state index contributed by atoms with van der Waals surface area (Å²) in [5.74, 6) is -2.51. The first-order valence-electron chi connectivity index (χ1n) is 20.6. The molecular weight excluding hydrogens is 732 g/mol. The van der Waals surface area contributed by atoms with E-state index in [1.807, 2.05) is 6.92 Å². The first kappa shape index (κ1) is 43.8. The highest BCUT2D eigenvalue weighted by atomic mass is 16.8. The van der Waals surface area contributed by atoms with Gasteiger partial charge in [0.2, 0.25) is 0 Å². The Bertz CT molecular complexity index is 1490. The van der Waals surface area contributed by atoms with Crippen molar-refractivity contribution in [3.8, 4) is 0 Å². The molecule has 15 nitrogen and oxygen atoms in total. The van der Waals surface area contributed by atoms with Crippen LogP contribution in [-0.2, 0) is 28.5 Å². The molecule has 6 rings (SSSR count). The Hall–Kier alpha value is -1.76. The van der Waals surface area contributed by atoms with Gasteiger partial charge in [-0.2, -0.15) is 0 Å². The highest BCUT2D eigenvalue weighted by molar-refractivity contribution is 5.76. The van der Waals surface area contributed by atoms with E-state index in [4.69, 9.17) is 18.9 Å². The molecule has 20 unspecified atom stereocenters. The van der Waals surface area contributed by atoms with Crippen LogP contribution in [0.15, 0.2) is 11.1 Å². The summed E-state index contributed by atoms with van der Waals surface area (Å²) in [6.07, 6.45) is -12.9. The topological polar surface area (TPSA) is 253 Å². The van der Waals surface area contributed by atoms with Crippen molar-refractivity contribution in [2.45, 2.75) is 173 Å². The van der Waals surface area contributed by atoms with Crippen molar-refractivity contribution in [3.05, 3.63) is 11.1 Å². The first-order chi connectivity index (χ1) is 26.1. The van der Waals surface area contributed by atoms with Crippen LogP contribution in [0.3, 0.4) is 0 Å². The molecule has 56 heavy (non-hydrogen) atoms. The molecule has 2 heterocycles. The lowest BCUT2D eigenvalue weighted by molar-refractivity contribution is -0.364. The second kappa shape index (κ2) is 16.0. The maximum absolute atomic E-state index is 13.5. The number of allylic oxidation sites excluding steroid dienone is 2. The number of rotatable bonds is 11. The lowest BCUT2D eigenvalue weighted by Gasteiger charge is -2.60. The average molecular weight is 799 g/mol. The maximum atomic E-state index is 13.5. The van der Waals surface area contributed by atoms with Crippen LogP contribution in [-0.4, -0.2) is 138 Å². The highest BCUT2D eigenvalue weighted by Gasteiger charge is 2.64. The van der Waals surface area contributed by atoms with Crippen molar-refractivity contribution in [1.29, 1.82) is 0 Å². The number of aliphatic hydroxyl groups is 7. The standard InChI is InChI=1S/C41H66O15/c1-17(2)18(3)27(43)28(44)19(4)21-9-10-22-20-8-11-25-40(6,23(20)12-14-39(21,22)5)15-13-26(41(25,7)38(51)52)54-37-34(31(47)30(46)33(55-37)35(49)50)56-36-32(48)29(45)24(42)16-53-36/h17-19,21-22,24-34,36-37,42-48H,8-16H2,1-7H3,(H,49,50)(H,51,52). The van der Waals surface area contributed by atoms with E-state index < -0.39 is 109 Å². The van der Waals surface area contributed by atoms with Crippen molar-refractivity contribution < 1.29 is 74.5 Å². The monoisotopic (exact) mass is 798 g/mol. The number of carboxylic acids is 2. The zero-order chi connectivity index (χ0) is 41.4. The van der Waals surface area contributed by atoms with Gasteiger partial charge in [0.15, 0.2) is 18.7 Å². The van der Waals surface area contributed by atoms with Gasteiger partial charge in [-0.1, -0.05) is 52.7 Å². The fourth-order valence-electron chi connectivity index (χ4n) is 12.1. The number of carbonyl (C=O) groups is 2. The summed E-state index contributed by atoms with van der Waals surface area (Å²) in [7, 11) is 0. The number of hydrogen-bond acceptors (Lipinski definition) is 13. The third kappa shape index (κ3) is 7.07. The molecule has 0 aromatic carbocycles. The van der Waals surface area contributed by atoms with Crippen LogP contribution in [0.25, 0.3) is 0 Å². The molecule has 0 aromatic rings. The predicted octanol–water partition coefficient (Wildman–Crippen LogP) is 1.80. The van der Waals surface area contributed by atoms with Crippen molar-refractivity contribution >= 4 is 11.9 Å². The van der Waals surface area contributed by atoms with Gasteiger partial charge < -0.3 is 64.9 Å². The Morgan fingerprint density at radius 2 is 1.46 bits per heavy atom. The number of aliphatic hydroxyl groups excluding tert-OH is 7. The molecule has 20 atom stereocenters. The van der Waals surface area contributed by atoms with Gasteiger partial charge in [0.05, 0.1) is 30.3 Å². The van der Waals surface area contributed by atoms with Crippen molar-refractivity contribution in [1.82, 2.24) is 0 Å². The quantitative estimate of drug-likeness (QED) is 0.135. The Kier molecular flexibility index (Phi) is 12.5. The van der Waals surface area contributed by atoms with Gasteiger partial charge in [-0.3, -0.25) is 4.79 Å². The zero-order valence-corrected chi connectivity index (χ0v) is 33.7. The summed E-state index contributed by atoms with van der Waals surface area (Å²) in [6.45, 7) is 13.9. The van der Waals surface area contributed by atoms with Gasteiger partial charge in [-0.15, -0.1) is 0 Å². The summed E-state index contributed by atoms with van der Waals surface area (Å²) in [6, 6.07) is 0. The molecule has 0 radical (unpaired) electrons. The van der Waals surface area contributed by atoms with Crippen LogP contribution in [0.1, 0.15) is 99.8 Å². The van der Waals surface area contributed by atoms with E-state index in [0.29, 0.717) is 19.3 Å². The van der Waals surface area contributed by atoms with Crippen LogP contribution in [0, 0.1) is 51.8 Å². The lowest BCUT2D eigenvalue weighted by Crippen LogP contribution is -2.66. The third-order valence-electron chi connectivity index (χ3n) is 16.0. The third-order valence-corrected chi connectivity index (χ3v) is 16.0. The second-order valence-corrected chi connectivity index (χ2v) is 19.0. The zero-order valence-electron chi connectivity index (χ0n) is 33.7. The van der Waals surface area contributed by atoms with Crippen LogP contribution >= 0.6 is 0 Å². The Balaban J connectivity index is 1.26. The summed E-state index contributed by atoms with van der Waals surface area (Å²) in [5.41, 5.74) is 0.611. The van der Waals surface area contributed by atoms with E-state index in [1.54, 1.807) is 6.92 Å². The van der Waals surface area contributed by atoms with E-state index in [-0.39, 0.29) is 41.4 Å². The van der Waals surface area contributed by atoms with Crippen LogP contribution < -0.4 is 0 Å². The van der Waals surface area contributed by atoms with Gasteiger partial charge in [0.25, 0.3) is 0 Å². The Labute approximate surface area is 329 Å². The molecule has 9 N–H and O–H groups in total. The van der Waals surface area contributed by atoms with Gasteiger partial charge in [0.1, 0.15) is 36.6 Å². The minimum Gasteiger partial charge on any atom is -0.481 e. The fourth-order valence-corrected chi connectivity index (χ4v) is 12.1. The average Bonchev–Trinajstić information content (AvgIpc) is 3.51. The molecule has 0 spiro atoms. The van der Waals surface area contributed by atoms with Crippen molar-refractivity contribution in [3.63, 3.8) is 0 Å². The summed E-state index contributed by atoms with van der Waals surface area (Å²) in [5, 5.41) is 96.0. The molecule has 0 aromatic heterocycles. The highest BCUT2D eigenvalue weighted by Crippen LogP contribution is 2.68. The molecule has 2 saturated heterocycles. The van der Waals surface area contributed by atoms with E-state index in [2.05, 4.69) is 34.6 Å². The van der Waals surface area contributed by atoms with Crippen LogP contribution in [0.2, 0.25) is 0 Å². The minimum absolute atomic E-state index is 0.0443. The Morgan fingerprint density at radius 1 is 0.786 bits per heavy atom. The maximum Gasteiger partial charge on any atom is 0.335 e. The summed E-state index contributed by atoms with van der Waals surface area (Å²) in [4.78, 5) is 25.7. The van der Waals surface area contributed by atoms with Gasteiger partial charge in [0, 0.05) is 0 Å². The Morgan fingerprint density at radius 3 is 2.09 bits per heavy atom. The summed E-state index contributed by atoms with van der Waals surface area (Å²) < 4.78 is 23.3. The van der Waals surface area contributed by atoms with E-state index in [9.17, 15) is 55.5 Å². The number of aliphatic carboxylic acids is 2. The predicted molar refractivity (Wildman–Crippen MR) is 197 cm³/mol. The normalized spacial score (nSPS) is 47.7. The van der Waals surface area contributed by atoms with Crippen molar-refractivity contribution in [2.24, 2.45) is 51.8 Å². The minimum atomic E-state index is -2.00. The van der Waals surface area contributed by atoms with Gasteiger partial charge >= 0.3 is 11.9 Å². The fraction of sp³-hybridized carbons (Fsp3) is 0.902. The number of carboxylic acid groups (broad SMARTS) is 2. The van der Waals surface area contributed by atoms with E-state index >= 15 is 0 Å². The van der Waals surface area contributed by atoms with E-state index in [0.717, 1.165) is 25.7 Å².